The van der Waals surface area contributed by atoms with Gasteiger partial charge < -0.3 is 14.7 Å². The van der Waals surface area contributed by atoms with Crippen molar-refractivity contribution in [2.45, 2.75) is 18.4 Å². The van der Waals surface area contributed by atoms with Crippen molar-refractivity contribution in [2.24, 2.45) is 0 Å². The number of carbonyl (C=O) groups excluding carboxylic acids is 1. The van der Waals surface area contributed by atoms with Gasteiger partial charge in [0.15, 0.2) is 0 Å². The van der Waals surface area contributed by atoms with E-state index in [2.05, 4.69) is 24.3 Å². The quantitative estimate of drug-likeness (QED) is 0.948. The van der Waals surface area contributed by atoms with E-state index in [0.717, 1.165) is 6.42 Å². The van der Waals surface area contributed by atoms with Gasteiger partial charge in [0.05, 0.1) is 12.6 Å². The van der Waals surface area contributed by atoms with Crippen LogP contribution in [0.4, 0.5) is 4.79 Å². The third-order valence-corrected chi connectivity index (χ3v) is 4.93. The van der Waals surface area contributed by atoms with Crippen LogP contribution in [-0.2, 0) is 4.74 Å². The summed E-state index contributed by atoms with van der Waals surface area (Å²) < 4.78 is 5.55. The molecule has 1 aliphatic carbocycles. The van der Waals surface area contributed by atoms with Crippen LogP contribution >= 0.6 is 0 Å². The van der Waals surface area contributed by atoms with Gasteiger partial charge in [0.25, 0.3) is 0 Å². The van der Waals surface area contributed by atoms with E-state index in [-0.39, 0.29) is 24.7 Å². The number of fused-ring (bicyclic) bond motifs is 3. The van der Waals surface area contributed by atoms with Crippen LogP contribution < -0.4 is 0 Å². The molecule has 0 bridgehead atoms. The lowest BCUT2D eigenvalue weighted by Crippen LogP contribution is -2.53. The Morgan fingerprint density at radius 1 is 1.09 bits per heavy atom. The standard InChI is InChI=1S/C19H19NO3/c21-11-13-9-10-20(13)19(22)23-12-18-16-7-3-1-5-14(16)15-6-2-4-8-17(15)18/h1-8,13,18,21H,9-12H2. The molecule has 1 N–H and O–H groups in total. The predicted octanol–water partition coefficient (Wildman–Crippen LogP) is 3.00. The lowest BCUT2D eigenvalue weighted by molar-refractivity contribution is 0.0237. The molecule has 1 saturated heterocycles. The number of hydrogen-bond acceptors (Lipinski definition) is 3. The van der Waals surface area contributed by atoms with Gasteiger partial charge in [-0.3, -0.25) is 0 Å². The fraction of sp³-hybridized carbons (Fsp3) is 0.316. The molecule has 0 radical (unpaired) electrons. The molecule has 4 nitrogen and oxygen atoms in total. The Morgan fingerprint density at radius 2 is 1.70 bits per heavy atom. The zero-order valence-corrected chi connectivity index (χ0v) is 12.8. The second kappa shape index (κ2) is 5.70. The monoisotopic (exact) mass is 309 g/mol. The predicted molar refractivity (Wildman–Crippen MR) is 87.3 cm³/mol. The molecule has 4 rings (SSSR count). The molecule has 0 aromatic heterocycles. The van der Waals surface area contributed by atoms with E-state index in [1.54, 1.807) is 4.90 Å². The Balaban J connectivity index is 1.54. The number of likely N-dealkylation sites (tertiary alicyclic amines) is 1. The number of ether oxygens (including phenoxy) is 1. The van der Waals surface area contributed by atoms with Gasteiger partial charge in [0, 0.05) is 12.5 Å². The smallest absolute Gasteiger partial charge is 0.410 e. The Labute approximate surface area is 135 Å². The van der Waals surface area contributed by atoms with Crippen molar-refractivity contribution in [1.29, 1.82) is 0 Å². The van der Waals surface area contributed by atoms with Gasteiger partial charge in [-0.05, 0) is 28.7 Å². The molecule has 2 aliphatic rings. The van der Waals surface area contributed by atoms with Crippen molar-refractivity contribution in [3.05, 3.63) is 59.7 Å². The van der Waals surface area contributed by atoms with Crippen LogP contribution in [0.5, 0.6) is 0 Å². The second-order valence-electron chi connectivity index (χ2n) is 6.12. The van der Waals surface area contributed by atoms with E-state index in [1.807, 2.05) is 24.3 Å². The summed E-state index contributed by atoms with van der Waals surface area (Å²) in [6, 6.07) is 16.5. The zero-order valence-electron chi connectivity index (χ0n) is 12.8. The Hall–Kier alpha value is -2.33. The summed E-state index contributed by atoms with van der Waals surface area (Å²) in [6.07, 6.45) is 0.526. The molecule has 4 heteroatoms. The molecule has 1 unspecified atom stereocenters. The minimum Gasteiger partial charge on any atom is -0.448 e. The lowest BCUT2D eigenvalue weighted by Gasteiger charge is -2.38. The molecule has 118 valence electrons. The lowest BCUT2D eigenvalue weighted by atomic mass is 9.98. The van der Waals surface area contributed by atoms with Crippen LogP contribution in [-0.4, -0.2) is 41.9 Å². The molecule has 0 saturated carbocycles. The summed E-state index contributed by atoms with van der Waals surface area (Å²) in [5, 5.41) is 9.20. The minimum absolute atomic E-state index is 0.00416. The number of aliphatic hydroxyl groups is 1. The highest BCUT2D eigenvalue weighted by Crippen LogP contribution is 2.44. The molecule has 23 heavy (non-hydrogen) atoms. The van der Waals surface area contributed by atoms with Gasteiger partial charge in [-0.15, -0.1) is 0 Å². The van der Waals surface area contributed by atoms with E-state index in [1.165, 1.54) is 22.3 Å². The van der Waals surface area contributed by atoms with Gasteiger partial charge in [-0.2, -0.15) is 0 Å². The van der Waals surface area contributed by atoms with Crippen LogP contribution in [0, 0.1) is 0 Å². The number of nitrogens with zero attached hydrogens (tertiary/aromatic N) is 1. The third-order valence-electron chi connectivity index (χ3n) is 4.93. The SMILES string of the molecule is O=C(OCC1c2ccccc2-c2ccccc21)N1CCC1CO. The first-order chi connectivity index (χ1) is 11.3. The van der Waals surface area contributed by atoms with E-state index in [0.29, 0.717) is 13.2 Å². The first kappa shape index (κ1) is 14.3. The number of hydrogen-bond donors (Lipinski definition) is 1. The van der Waals surface area contributed by atoms with Crippen molar-refractivity contribution in [1.82, 2.24) is 4.90 Å². The van der Waals surface area contributed by atoms with E-state index < -0.39 is 0 Å². The molecule has 2 aromatic rings. The topological polar surface area (TPSA) is 49.8 Å². The van der Waals surface area contributed by atoms with Gasteiger partial charge in [-0.25, -0.2) is 4.79 Å². The van der Waals surface area contributed by atoms with E-state index in [9.17, 15) is 9.90 Å². The van der Waals surface area contributed by atoms with Gasteiger partial charge in [0.2, 0.25) is 0 Å². The van der Waals surface area contributed by atoms with Crippen molar-refractivity contribution in [3.8, 4) is 11.1 Å². The summed E-state index contributed by atoms with van der Waals surface area (Å²) in [5.41, 5.74) is 4.87. The molecular formula is C19H19NO3. The minimum atomic E-state index is -0.322. The highest BCUT2D eigenvalue weighted by atomic mass is 16.6. The maximum Gasteiger partial charge on any atom is 0.410 e. The van der Waals surface area contributed by atoms with E-state index >= 15 is 0 Å². The summed E-state index contributed by atoms with van der Waals surface area (Å²) in [6.45, 7) is 1.01. The van der Waals surface area contributed by atoms with Crippen molar-refractivity contribution in [2.75, 3.05) is 19.8 Å². The fourth-order valence-electron chi connectivity index (χ4n) is 3.55. The second-order valence-corrected chi connectivity index (χ2v) is 6.12. The molecule has 1 atom stereocenters. The molecular weight excluding hydrogens is 290 g/mol. The first-order valence-electron chi connectivity index (χ1n) is 8.02. The Bertz CT molecular complexity index is 695. The number of benzene rings is 2. The maximum atomic E-state index is 12.2. The molecule has 1 fully saturated rings. The van der Waals surface area contributed by atoms with Crippen molar-refractivity contribution in [3.63, 3.8) is 0 Å². The van der Waals surface area contributed by atoms with Gasteiger partial charge >= 0.3 is 6.09 Å². The number of carbonyl (C=O) groups is 1. The average molecular weight is 309 g/mol. The fourth-order valence-corrected chi connectivity index (χ4v) is 3.55. The maximum absolute atomic E-state index is 12.2. The first-order valence-corrected chi connectivity index (χ1v) is 8.02. The van der Waals surface area contributed by atoms with Crippen LogP contribution in [0.3, 0.4) is 0 Å². The zero-order chi connectivity index (χ0) is 15.8. The highest BCUT2D eigenvalue weighted by molar-refractivity contribution is 5.79. The normalized spacial score (nSPS) is 19.0. The summed E-state index contributed by atoms with van der Waals surface area (Å²) in [7, 11) is 0. The van der Waals surface area contributed by atoms with Gasteiger partial charge in [0.1, 0.15) is 6.61 Å². The van der Waals surface area contributed by atoms with Crippen LogP contribution in [0.25, 0.3) is 11.1 Å². The van der Waals surface area contributed by atoms with Crippen LogP contribution in [0.1, 0.15) is 23.5 Å². The molecule has 1 amide bonds. The molecule has 1 heterocycles. The Kier molecular flexibility index (Phi) is 3.54. The molecule has 0 spiro atoms. The van der Waals surface area contributed by atoms with Gasteiger partial charge in [-0.1, -0.05) is 48.5 Å². The average Bonchev–Trinajstić information content (AvgIpc) is 2.86. The van der Waals surface area contributed by atoms with E-state index in [4.69, 9.17) is 4.74 Å². The largest absolute Gasteiger partial charge is 0.448 e. The summed E-state index contributed by atoms with van der Waals surface area (Å²) in [5.74, 6) is 0.0835. The third kappa shape index (κ3) is 2.30. The number of aliphatic hydroxyl groups excluding tert-OH is 1. The molecule has 1 aliphatic heterocycles. The van der Waals surface area contributed by atoms with Crippen molar-refractivity contribution >= 4 is 6.09 Å². The van der Waals surface area contributed by atoms with Crippen LogP contribution in [0.2, 0.25) is 0 Å². The summed E-state index contributed by atoms with van der Waals surface area (Å²) in [4.78, 5) is 13.8. The Morgan fingerprint density at radius 3 is 2.22 bits per heavy atom. The number of amides is 1. The summed E-state index contributed by atoms with van der Waals surface area (Å²) >= 11 is 0. The van der Waals surface area contributed by atoms with Crippen LogP contribution in [0.15, 0.2) is 48.5 Å². The van der Waals surface area contributed by atoms with Crippen molar-refractivity contribution < 1.29 is 14.6 Å². The number of rotatable bonds is 3. The molecule has 2 aromatic carbocycles. The highest BCUT2D eigenvalue weighted by Gasteiger charge is 2.34.